The molecule has 1 amide bonds. The number of alkyl halides is 3. The number of sulfone groups is 1. The van der Waals surface area contributed by atoms with E-state index in [1.54, 1.807) is 7.05 Å². The highest BCUT2D eigenvalue weighted by Gasteiger charge is 2.42. The molecular formula is C15H14F3N3O3S. The summed E-state index contributed by atoms with van der Waals surface area (Å²) in [7, 11) is -2.10. The second-order valence-electron chi connectivity index (χ2n) is 5.77. The van der Waals surface area contributed by atoms with Gasteiger partial charge in [-0.2, -0.15) is 13.2 Å². The fraction of sp³-hybridized carbons (Fsp3) is 0.333. The number of hydrogen-bond donors (Lipinski definition) is 0. The maximum absolute atomic E-state index is 12.5. The normalized spacial score (nSPS) is 15.9. The first-order valence-corrected chi connectivity index (χ1v) is 8.83. The Balaban J connectivity index is 1.68. The molecular weight excluding hydrogens is 359 g/mol. The quantitative estimate of drug-likeness (QED) is 0.822. The molecule has 1 fully saturated rings. The molecule has 3 rings (SSSR count). The highest BCUT2D eigenvalue weighted by Crippen LogP contribution is 2.30. The molecule has 0 atom stereocenters. The van der Waals surface area contributed by atoms with E-state index in [1.165, 1.54) is 21.9 Å². The van der Waals surface area contributed by atoms with E-state index in [-0.39, 0.29) is 23.8 Å². The Kier molecular flexibility index (Phi) is 4.10. The molecule has 0 unspecified atom stereocenters. The van der Waals surface area contributed by atoms with Crippen molar-refractivity contribution < 1.29 is 26.4 Å². The largest absolute Gasteiger partial charge is 0.416 e. The highest BCUT2D eigenvalue weighted by atomic mass is 32.2. The zero-order valence-electron chi connectivity index (χ0n) is 13.1. The number of imidazole rings is 1. The first kappa shape index (κ1) is 17.5. The Bertz CT molecular complexity index is 898. The van der Waals surface area contributed by atoms with Gasteiger partial charge in [0.2, 0.25) is 15.0 Å². The molecule has 10 heteroatoms. The van der Waals surface area contributed by atoms with Gasteiger partial charge in [-0.3, -0.25) is 4.79 Å². The predicted molar refractivity (Wildman–Crippen MR) is 81.5 cm³/mol. The summed E-state index contributed by atoms with van der Waals surface area (Å²) in [5.41, 5.74) is -0.760. The Morgan fingerprint density at radius 2 is 1.80 bits per heavy atom. The molecule has 2 heterocycles. The van der Waals surface area contributed by atoms with E-state index in [2.05, 4.69) is 4.98 Å². The molecule has 6 nitrogen and oxygen atoms in total. The van der Waals surface area contributed by atoms with Crippen LogP contribution in [-0.4, -0.2) is 47.1 Å². The number of hydrogen-bond acceptors (Lipinski definition) is 4. The van der Waals surface area contributed by atoms with Crippen LogP contribution < -0.4 is 0 Å². The Morgan fingerprint density at radius 1 is 1.20 bits per heavy atom. The van der Waals surface area contributed by atoms with Gasteiger partial charge in [-0.05, 0) is 24.3 Å². The van der Waals surface area contributed by atoms with E-state index in [0.29, 0.717) is 0 Å². The number of carbonyl (C=O) groups excluding carboxylic acids is 1. The van der Waals surface area contributed by atoms with Crippen molar-refractivity contribution in [1.29, 1.82) is 0 Å². The van der Waals surface area contributed by atoms with Crippen LogP contribution in [-0.2, 0) is 23.1 Å². The molecule has 1 aliphatic heterocycles. The lowest BCUT2D eigenvalue weighted by molar-refractivity contribution is -0.137. The summed E-state index contributed by atoms with van der Waals surface area (Å²) in [6, 6.07) is 3.84. The minimum atomic E-state index is -4.47. The number of rotatable bonds is 3. The average molecular weight is 373 g/mol. The van der Waals surface area contributed by atoms with Crippen LogP contribution in [0.15, 0.2) is 41.8 Å². The number of likely N-dealkylation sites (tertiary alicyclic amines) is 1. The Morgan fingerprint density at radius 3 is 2.28 bits per heavy atom. The molecule has 0 aliphatic carbocycles. The van der Waals surface area contributed by atoms with Gasteiger partial charge in [0.1, 0.15) is 5.25 Å². The van der Waals surface area contributed by atoms with Crippen molar-refractivity contribution in [2.75, 3.05) is 13.1 Å². The summed E-state index contributed by atoms with van der Waals surface area (Å²) in [5.74, 6) is -0.500. The van der Waals surface area contributed by atoms with E-state index in [4.69, 9.17) is 0 Å². The van der Waals surface area contributed by atoms with E-state index >= 15 is 0 Å². The third-order valence-electron chi connectivity index (χ3n) is 4.06. The van der Waals surface area contributed by atoms with Crippen LogP contribution >= 0.6 is 0 Å². The lowest BCUT2D eigenvalue weighted by atomic mass is 10.1. The van der Waals surface area contributed by atoms with Crippen LogP contribution in [0, 0.1) is 0 Å². The van der Waals surface area contributed by atoms with Gasteiger partial charge in [0, 0.05) is 38.1 Å². The van der Waals surface area contributed by atoms with Crippen LogP contribution in [0.25, 0.3) is 0 Å². The monoisotopic (exact) mass is 373 g/mol. The van der Waals surface area contributed by atoms with Crippen molar-refractivity contribution in [1.82, 2.24) is 14.5 Å². The smallest absolute Gasteiger partial charge is 0.336 e. The second kappa shape index (κ2) is 5.87. The first-order chi connectivity index (χ1) is 11.6. The molecule has 1 aromatic carbocycles. The van der Waals surface area contributed by atoms with Crippen molar-refractivity contribution in [3.8, 4) is 0 Å². The lowest BCUT2D eigenvalue weighted by Gasteiger charge is -2.38. The molecule has 134 valence electrons. The highest BCUT2D eigenvalue weighted by molar-refractivity contribution is 7.92. The summed E-state index contributed by atoms with van der Waals surface area (Å²) in [5, 5.41) is -0.842. The number of carbonyl (C=O) groups is 1. The van der Waals surface area contributed by atoms with Gasteiger partial charge >= 0.3 is 6.18 Å². The standard InChI is InChI=1S/C15H14F3N3O3S/c1-20-7-6-19-14(20)25(23,24)12-8-21(9-12)13(22)10-2-4-11(5-3-10)15(16,17)18/h2-7,12H,8-9H2,1H3. The van der Waals surface area contributed by atoms with Gasteiger partial charge in [-0.1, -0.05) is 0 Å². The number of aromatic nitrogens is 2. The van der Waals surface area contributed by atoms with Crippen molar-refractivity contribution in [3.05, 3.63) is 47.8 Å². The Hall–Kier alpha value is -2.36. The van der Waals surface area contributed by atoms with E-state index < -0.39 is 32.7 Å². The third kappa shape index (κ3) is 3.13. The molecule has 25 heavy (non-hydrogen) atoms. The molecule has 1 aromatic heterocycles. The summed E-state index contributed by atoms with van der Waals surface area (Å²) >= 11 is 0. The molecule has 0 saturated carbocycles. The van der Waals surface area contributed by atoms with Crippen molar-refractivity contribution in [3.63, 3.8) is 0 Å². The van der Waals surface area contributed by atoms with Gasteiger partial charge in [0.25, 0.3) is 5.91 Å². The molecule has 0 spiro atoms. The van der Waals surface area contributed by atoms with Crippen LogP contribution in [0.3, 0.4) is 0 Å². The maximum atomic E-state index is 12.5. The molecule has 1 saturated heterocycles. The van der Waals surface area contributed by atoms with Crippen molar-refractivity contribution in [2.45, 2.75) is 16.6 Å². The van der Waals surface area contributed by atoms with Crippen LogP contribution in [0.5, 0.6) is 0 Å². The summed E-state index contributed by atoms with van der Waals surface area (Å²) in [6.07, 6.45) is -1.59. The minimum Gasteiger partial charge on any atom is -0.336 e. The van der Waals surface area contributed by atoms with Gasteiger partial charge in [-0.15, -0.1) is 0 Å². The number of aryl methyl sites for hydroxylation is 1. The average Bonchev–Trinajstić information content (AvgIpc) is 2.91. The first-order valence-electron chi connectivity index (χ1n) is 7.28. The maximum Gasteiger partial charge on any atom is 0.416 e. The molecule has 0 radical (unpaired) electrons. The molecule has 0 N–H and O–H groups in total. The zero-order chi connectivity index (χ0) is 18.4. The molecule has 0 bridgehead atoms. The van der Waals surface area contributed by atoms with Crippen LogP contribution in [0.4, 0.5) is 13.2 Å². The lowest BCUT2D eigenvalue weighted by Crippen LogP contribution is -2.57. The summed E-state index contributed by atoms with van der Waals surface area (Å²) in [4.78, 5) is 17.3. The second-order valence-corrected chi connectivity index (χ2v) is 7.89. The molecule has 2 aromatic rings. The number of nitrogens with zero attached hydrogens (tertiary/aromatic N) is 3. The number of halogens is 3. The van der Waals surface area contributed by atoms with Crippen LogP contribution in [0.2, 0.25) is 0 Å². The van der Waals surface area contributed by atoms with Gasteiger partial charge < -0.3 is 9.47 Å². The zero-order valence-corrected chi connectivity index (χ0v) is 13.9. The fourth-order valence-electron chi connectivity index (χ4n) is 2.56. The minimum absolute atomic E-state index is 0.0188. The molecule has 1 aliphatic rings. The number of benzene rings is 1. The van der Waals surface area contributed by atoms with E-state index in [0.717, 1.165) is 24.3 Å². The number of amides is 1. The van der Waals surface area contributed by atoms with Crippen molar-refractivity contribution in [2.24, 2.45) is 7.05 Å². The van der Waals surface area contributed by atoms with E-state index in [1.807, 2.05) is 0 Å². The summed E-state index contributed by atoms with van der Waals surface area (Å²) in [6.45, 7) is -0.0376. The Labute approximate surface area is 141 Å². The van der Waals surface area contributed by atoms with Gasteiger partial charge in [0.15, 0.2) is 0 Å². The van der Waals surface area contributed by atoms with Gasteiger partial charge in [-0.25, -0.2) is 13.4 Å². The summed E-state index contributed by atoms with van der Waals surface area (Å²) < 4.78 is 63.8. The topological polar surface area (TPSA) is 72.3 Å². The van der Waals surface area contributed by atoms with Gasteiger partial charge in [0.05, 0.1) is 5.56 Å². The van der Waals surface area contributed by atoms with Crippen LogP contribution in [0.1, 0.15) is 15.9 Å². The SMILES string of the molecule is Cn1ccnc1S(=O)(=O)C1CN(C(=O)c2ccc(C(F)(F)F)cc2)C1. The predicted octanol–water partition coefficient (Wildman–Crippen LogP) is 1.74. The third-order valence-corrected chi connectivity index (χ3v) is 6.14. The van der Waals surface area contributed by atoms with Crippen molar-refractivity contribution >= 4 is 15.7 Å². The van der Waals surface area contributed by atoms with E-state index in [9.17, 15) is 26.4 Å². The fourth-order valence-corrected chi connectivity index (χ4v) is 4.28.